The second kappa shape index (κ2) is 4.92. The van der Waals surface area contributed by atoms with E-state index >= 15 is 0 Å². The van der Waals surface area contributed by atoms with Crippen LogP contribution in [0.5, 0.6) is 0 Å². The molecular weight excluding hydrogens is 240 g/mol. The Hall–Kier alpha value is -0.650. The number of aryl methyl sites for hydroxylation is 1. The van der Waals surface area contributed by atoms with Crippen LogP contribution in [0, 0.1) is 18.8 Å². The average Bonchev–Trinajstić information content (AvgIpc) is 2.88. The van der Waals surface area contributed by atoms with Crippen molar-refractivity contribution in [2.45, 2.75) is 32.4 Å². The van der Waals surface area contributed by atoms with E-state index in [0.717, 1.165) is 31.4 Å². The van der Waals surface area contributed by atoms with Crippen LogP contribution in [0.2, 0.25) is 0 Å². The van der Waals surface area contributed by atoms with Gasteiger partial charge in [0.25, 0.3) is 0 Å². The predicted molar refractivity (Wildman–Crippen MR) is 65.7 cm³/mol. The van der Waals surface area contributed by atoms with Crippen LogP contribution in [-0.2, 0) is 6.54 Å². The molecule has 1 aromatic rings. The fourth-order valence-corrected chi connectivity index (χ4v) is 3.12. The average molecular weight is 259 g/mol. The van der Waals surface area contributed by atoms with Crippen molar-refractivity contribution in [2.24, 2.45) is 17.6 Å². The number of fused-ring (bicyclic) bond motifs is 1. The second-order valence-electron chi connectivity index (χ2n) is 5.09. The van der Waals surface area contributed by atoms with Gasteiger partial charge in [-0.2, -0.15) is 4.98 Å². The highest BCUT2D eigenvalue weighted by atomic mass is 35.5. The monoisotopic (exact) mass is 258 g/mol. The number of aromatic nitrogens is 2. The Morgan fingerprint density at radius 1 is 1.41 bits per heavy atom. The van der Waals surface area contributed by atoms with Gasteiger partial charge in [0.1, 0.15) is 0 Å². The summed E-state index contributed by atoms with van der Waals surface area (Å²) in [5.41, 5.74) is 6.10. The Labute approximate surface area is 107 Å². The lowest BCUT2D eigenvalue weighted by Gasteiger charge is -2.15. The summed E-state index contributed by atoms with van der Waals surface area (Å²) in [7, 11) is 0. The van der Waals surface area contributed by atoms with E-state index in [1.54, 1.807) is 0 Å². The third-order valence-corrected chi connectivity index (χ3v) is 3.92. The Kier molecular flexibility index (Phi) is 3.70. The molecule has 0 radical (unpaired) electrons. The molecule has 17 heavy (non-hydrogen) atoms. The first-order chi connectivity index (χ1) is 7.72. The summed E-state index contributed by atoms with van der Waals surface area (Å²) in [5, 5.41) is 3.81. The summed E-state index contributed by atoms with van der Waals surface area (Å²) >= 11 is 0. The fraction of sp³-hybridized carbons (Fsp3) is 0.818. The van der Waals surface area contributed by atoms with Crippen LogP contribution in [0.25, 0.3) is 0 Å². The molecule has 2 N–H and O–H groups in total. The molecule has 6 heteroatoms. The van der Waals surface area contributed by atoms with E-state index < -0.39 is 0 Å². The molecule has 1 aliphatic carbocycles. The molecule has 0 amide bonds. The summed E-state index contributed by atoms with van der Waals surface area (Å²) in [4.78, 5) is 6.63. The molecule has 0 bridgehead atoms. The van der Waals surface area contributed by atoms with Gasteiger partial charge in [0, 0.05) is 19.1 Å². The number of halogens is 1. The Morgan fingerprint density at radius 3 is 2.88 bits per heavy atom. The van der Waals surface area contributed by atoms with Crippen LogP contribution in [0.15, 0.2) is 4.52 Å². The van der Waals surface area contributed by atoms with Crippen LogP contribution in [0.4, 0.5) is 0 Å². The van der Waals surface area contributed by atoms with Gasteiger partial charge in [-0.25, -0.2) is 0 Å². The SMILES string of the molecule is Cc1noc(CN2CC3CCC(N)C3C2)n1.Cl. The zero-order valence-corrected chi connectivity index (χ0v) is 10.8. The minimum absolute atomic E-state index is 0. The molecule has 5 nitrogen and oxygen atoms in total. The maximum atomic E-state index is 6.10. The van der Waals surface area contributed by atoms with E-state index in [1.165, 1.54) is 12.8 Å². The molecule has 1 aliphatic heterocycles. The van der Waals surface area contributed by atoms with Gasteiger partial charge in [-0.3, -0.25) is 4.90 Å². The molecule has 2 fully saturated rings. The number of nitrogens with two attached hydrogens (primary N) is 1. The molecule has 1 aromatic heterocycles. The first-order valence-electron chi connectivity index (χ1n) is 5.99. The predicted octanol–water partition coefficient (Wildman–Crippen LogP) is 0.969. The lowest BCUT2D eigenvalue weighted by Crippen LogP contribution is -2.30. The van der Waals surface area contributed by atoms with Crippen molar-refractivity contribution in [3.63, 3.8) is 0 Å². The highest BCUT2D eigenvalue weighted by Crippen LogP contribution is 2.37. The highest BCUT2D eigenvalue weighted by Gasteiger charge is 2.41. The number of hydrogen-bond acceptors (Lipinski definition) is 5. The maximum absolute atomic E-state index is 6.10. The minimum atomic E-state index is 0. The van der Waals surface area contributed by atoms with Crippen molar-refractivity contribution in [3.8, 4) is 0 Å². The molecule has 3 unspecified atom stereocenters. The number of hydrogen-bond donors (Lipinski definition) is 1. The van der Waals surface area contributed by atoms with Gasteiger partial charge in [0.15, 0.2) is 5.82 Å². The zero-order valence-electron chi connectivity index (χ0n) is 10.0. The zero-order chi connectivity index (χ0) is 11.1. The van der Waals surface area contributed by atoms with Crippen molar-refractivity contribution in [1.82, 2.24) is 15.0 Å². The van der Waals surface area contributed by atoms with Crippen molar-refractivity contribution in [2.75, 3.05) is 13.1 Å². The lowest BCUT2D eigenvalue weighted by atomic mass is 9.98. The van der Waals surface area contributed by atoms with Crippen molar-refractivity contribution >= 4 is 12.4 Å². The third kappa shape index (κ3) is 2.46. The lowest BCUT2D eigenvalue weighted by molar-refractivity contribution is 0.249. The third-order valence-electron chi connectivity index (χ3n) is 3.92. The summed E-state index contributed by atoms with van der Waals surface area (Å²) in [6, 6.07) is 0.402. The van der Waals surface area contributed by atoms with Gasteiger partial charge in [-0.15, -0.1) is 12.4 Å². The Bertz CT molecular complexity index is 383. The molecule has 3 rings (SSSR count). The molecule has 1 saturated carbocycles. The summed E-state index contributed by atoms with van der Waals surface area (Å²) in [6.45, 7) is 4.86. The van der Waals surface area contributed by atoms with Crippen LogP contribution in [-0.4, -0.2) is 34.2 Å². The van der Waals surface area contributed by atoms with Gasteiger partial charge >= 0.3 is 0 Å². The first kappa shape index (κ1) is 12.8. The highest BCUT2D eigenvalue weighted by molar-refractivity contribution is 5.85. The molecule has 0 aromatic carbocycles. The van der Waals surface area contributed by atoms with E-state index in [1.807, 2.05) is 6.92 Å². The van der Waals surface area contributed by atoms with E-state index in [9.17, 15) is 0 Å². The number of likely N-dealkylation sites (tertiary alicyclic amines) is 1. The van der Waals surface area contributed by atoms with Gasteiger partial charge in [0.05, 0.1) is 6.54 Å². The van der Waals surface area contributed by atoms with Crippen LogP contribution >= 0.6 is 12.4 Å². The summed E-state index contributed by atoms with van der Waals surface area (Å²) in [6.07, 6.45) is 2.48. The van der Waals surface area contributed by atoms with Crippen LogP contribution in [0.1, 0.15) is 24.6 Å². The smallest absolute Gasteiger partial charge is 0.240 e. The fourth-order valence-electron chi connectivity index (χ4n) is 3.12. The molecule has 1 saturated heterocycles. The summed E-state index contributed by atoms with van der Waals surface area (Å²) < 4.78 is 5.14. The largest absolute Gasteiger partial charge is 0.338 e. The summed E-state index contributed by atoms with van der Waals surface area (Å²) in [5.74, 6) is 2.92. The topological polar surface area (TPSA) is 68.2 Å². The van der Waals surface area contributed by atoms with E-state index in [-0.39, 0.29) is 12.4 Å². The van der Waals surface area contributed by atoms with E-state index in [4.69, 9.17) is 10.3 Å². The molecule has 3 atom stereocenters. The normalized spacial score (nSPS) is 32.5. The quantitative estimate of drug-likeness (QED) is 0.856. The van der Waals surface area contributed by atoms with Gasteiger partial charge in [-0.05, 0) is 31.6 Å². The minimum Gasteiger partial charge on any atom is -0.338 e. The number of rotatable bonds is 2. The molecule has 2 heterocycles. The maximum Gasteiger partial charge on any atom is 0.240 e. The Balaban J connectivity index is 0.00000108. The van der Waals surface area contributed by atoms with Crippen molar-refractivity contribution in [3.05, 3.63) is 11.7 Å². The standard InChI is InChI=1S/C11H18N4O.ClH/c1-7-13-11(16-14-7)6-15-4-8-2-3-10(12)9(8)5-15;/h8-10H,2-6,12H2,1H3;1H. The Morgan fingerprint density at radius 2 is 2.24 bits per heavy atom. The van der Waals surface area contributed by atoms with Crippen LogP contribution < -0.4 is 5.73 Å². The van der Waals surface area contributed by atoms with Crippen molar-refractivity contribution in [1.29, 1.82) is 0 Å². The molecule has 96 valence electrons. The van der Waals surface area contributed by atoms with Crippen molar-refractivity contribution < 1.29 is 4.52 Å². The molecular formula is C11H19ClN4O. The van der Waals surface area contributed by atoms with Gasteiger partial charge < -0.3 is 10.3 Å². The van der Waals surface area contributed by atoms with Gasteiger partial charge in [0.2, 0.25) is 5.89 Å². The number of nitrogens with zero attached hydrogens (tertiary/aromatic N) is 3. The van der Waals surface area contributed by atoms with Crippen LogP contribution in [0.3, 0.4) is 0 Å². The van der Waals surface area contributed by atoms with E-state index in [2.05, 4.69) is 15.0 Å². The molecule has 2 aliphatic rings. The van der Waals surface area contributed by atoms with E-state index in [0.29, 0.717) is 17.8 Å². The van der Waals surface area contributed by atoms with Gasteiger partial charge in [-0.1, -0.05) is 5.16 Å². The molecule has 0 spiro atoms. The second-order valence-corrected chi connectivity index (χ2v) is 5.09. The first-order valence-corrected chi connectivity index (χ1v) is 5.99.